The molecule has 3 nitrogen and oxygen atoms in total. The standard InChI is InChI=1S/C14H20N2O/c1-12(17)7-8-13-6-5-9-15-14(13)16-10-3-2-4-11-16/h5-6,9H,2-4,7-8,10-11H2,1H3. The Bertz CT molecular complexity index is 384. The summed E-state index contributed by atoms with van der Waals surface area (Å²) in [4.78, 5) is 17.9. The topological polar surface area (TPSA) is 33.2 Å². The molecular formula is C14H20N2O. The van der Waals surface area contributed by atoms with Crippen LogP contribution in [0.25, 0.3) is 0 Å². The van der Waals surface area contributed by atoms with E-state index in [2.05, 4.69) is 16.0 Å². The van der Waals surface area contributed by atoms with Crippen molar-refractivity contribution in [3.8, 4) is 0 Å². The third-order valence-electron chi connectivity index (χ3n) is 3.27. The maximum Gasteiger partial charge on any atom is 0.131 e. The highest BCUT2D eigenvalue weighted by molar-refractivity contribution is 5.76. The van der Waals surface area contributed by atoms with Crippen molar-refractivity contribution in [1.29, 1.82) is 0 Å². The SMILES string of the molecule is CC(=O)CCc1cccnc1N1CCCCC1. The number of carbonyl (C=O) groups is 1. The summed E-state index contributed by atoms with van der Waals surface area (Å²) in [6.07, 6.45) is 7.11. The zero-order chi connectivity index (χ0) is 12.1. The fraction of sp³-hybridized carbons (Fsp3) is 0.571. The van der Waals surface area contributed by atoms with Crippen LogP contribution in [-0.4, -0.2) is 23.9 Å². The van der Waals surface area contributed by atoms with Gasteiger partial charge in [-0.3, -0.25) is 0 Å². The van der Waals surface area contributed by atoms with Crippen molar-refractivity contribution in [3.63, 3.8) is 0 Å². The quantitative estimate of drug-likeness (QED) is 0.800. The van der Waals surface area contributed by atoms with Crippen LogP contribution in [0.15, 0.2) is 18.3 Å². The highest BCUT2D eigenvalue weighted by Gasteiger charge is 2.15. The lowest BCUT2D eigenvalue weighted by Gasteiger charge is -2.29. The van der Waals surface area contributed by atoms with Crippen molar-refractivity contribution in [2.75, 3.05) is 18.0 Å². The minimum Gasteiger partial charge on any atom is -0.356 e. The van der Waals surface area contributed by atoms with Gasteiger partial charge in [0.05, 0.1) is 0 Å². The highest BCUT2D eigenvalue weighted by Crippen LogP contribution is 2.22. The molecule has 1 fully saturated rings. The Morgan fingerprint density at radius 2 is 2.12 bits per heavy atom. The Labute approximate surface area is 103 Å². The first-order valence-electron chi connectivity index (χ1n) is 6.45. The molecule has 2 rings (SSSR count). The van der Waals surface area contributed by atoms with Crippen molar-refractivity contribution in [2.24, 2.45) is 0 Å². The van der Waals surface area contributed by atoms with Crippen LogP contribution in [0.4, 0.5) is 5.82 Å². The van der Waals surface area contributed by atoms with Crippen molar-refractivity contribution in [3.05, 3.63) is 23.9 Å². The Morgan fingerprint density at radius 1 is 1.35 bits per heavy atom. The molecule has 92 valence electrons. The lowest BCUT2D eigenvalue weighted by molar-refractivity contribution is -0.116. The smallest absolute Gasteiger partial charge is 0.131 e. The second kappa shape index (κ2) is 5.80. The normalized spacial score (nSPS) is 15.9. The molecule has 0 radical (unpaired) electrons. The van der Waals surface area contributed by atoms with Crippen LogP contribution in [0.5, 0.6) is 0 Å². The largest absolute Gasteiger partial charge is 0.356 e. The number of Topliss-reactive ketones (excluding diaryl/α,β-unsaturated/α-hetero) is 1. The van der Waals surface area contributed by atoms with Gasteiger partial charge in [0.1, 0.15) is 11.6 Å². The second-order valence-corrected chi connectivity index (χ2v) is 4.74. The van der Waals surface area contributed by atoms with Crippen LogP contribution in [0, 0.1) is 0 Å². The number of ketones is 1. The van der Waals surface area contributed by atoms with E-state index in [0.29, 0.717) is 6.42 Å². The Hall–Kier alpha value is -1.38. The highest BCUT2D eigenvalue weighted by atomic mass is 16.1. The van der Waals surface area contributed by atoms with E-state index >= 15 is 0 Å². The minimum atomic E-state index is 0.249. The first-order valence-corrected chi connectivity index (χ1v) is 6.45. The van der Waals surface area contributed by atoms with Gasteiger partial charge >= 0.3 is 0 Å². The molecule has 1 aliphatic heterocycles. The van der Waals surface area contributed by atoms with E-state index in [4.69, 9.17) is 0 Å². The van der Waals surface area contributed by atoms with Crippen LogP contribution < -0.4 is 4.90 Å². The molecule has 0 aliphatic carbocycles. The number of aromatic nitrogens is 1. The van der Waals surface area contributed by atoms with E-state index in [1.165, 1.54) is 24.8 Å². The lowest BCUT2D eigenvalue weighted by atomic mass is 10.1. The van der Waals surface area contributed by atoms with Crippen LogP contribution in [0.2, 0.25) is 0 Å². The molecule has 1 saturated heterocycles. The monoisotopic (exact) mass is 232 g/mol. The molecule has 1 aliphatic rings. The number of piperidine rings is 1. The summed E-state index contributed by atoms with van der Waals surface area (Å²) < 4.78 is 0. The predicted molar refractivity (Wildman–Crippen MR) is 69.3 cm³/mol. The number of nitrogens with zero attached hydrogens (tertiary/aromatic N) is 2. The molecule has 0 N–H and O–H groups in total. The van der Waals surface area contributed by atoms with Gasteiger partial charge in [0.2, 0.25) is 0 Å². The van der Waals surface area contributed by atoms with Crippen LogP contribution in [-0.2, 0) is 11.2 Å². The van der Waals surface area contributed by atoms with Gasteiger partial charge in [0, 0.05) is 25.7 Å². The maximum atomic E-state index is 11.1. The third kappa shape index (κ3) is 3.29. The number of aryl methyl sites for hydroxylation is 1. The van der Waals surface area contributed by atoms with E-state index in [9.17, 15) is 4.79 Å². The predicted octanol–water partition coefficient (Wildman–Crippen LogP) is 2.59. The van der Waals surface area contributed by atoms with Gasteiger partial charge in [0.15, 0.2) is 0 Å². The molecule has 1 aromatic rings. The van der Waals surface area contributed by atoms with Gasteiger partial charge in [0.25, 0.3) is 0 Å². The van der Waals surface area contributed by atoms with E-state index in [1.807, 2.05) is 12.3 Å². The number of rotatable bonds is 4. The van der Waals surface area contributed by atoms with Gasteiger partial charge in [-0.25, -0.2) is 4.98 Å². The van der Waals surface area contributed by atoms with Crippen molar-refractivity contribution in [2.45, 2.75) is 39.0 Å². The molecule has 2 heterocycles. The van der Waals surface area contributed by atoms with Crippen LogP contribution >= 0.6 is 0 Å². The summed E-state index contributed by atoms with van der Waals surface area (Å²) in [6.45, 7) is 3.85. The molecule has 17 heavy (non-hydrogen) atoms. The molecule has 0 aromatic carbocycles. The lowest BCUT2D eigenvalue weighted by Crippen LogP contribution is -2.31. The molecule has 1 aromatic heterocycles. The first kappa shape index (κ1) is 12.1. The average Bonchev–Trinajstić information content (AvgIpc) is 2.38. The number of pyridine rings is 1. The summed E-state index contributed by atoms with van der Waals surface area (Å²) >= 11 is 0. The summed E-state index contributed by atoms with van der Waals surface area (Å²) in [5.41, 5.74) is 1.21. The molecule has 3 heteroatoms. The number of carbonyl (C=O) groups excluding carboxylic acids is 1. The minimum absolute atomic E-state index is 0.249. The Kier molecular flexibility index (Phi) is 4.13. The van der Waals surface area contributed by atoms with Crippen LogP contribution in [0.1, 0.15) is 38.2 Å². The van der Waals surface area contributed by atoms with Gasteiger partial charge < -0.3 is 9.69 Å². The molecular weight excluding hydrogens is 212 g/mol. The maximum absolute atomic E-state index is 11.1. The van der Waals surface area contributed by atoms with Crippen LogP contribution in [0.3, 0.4) is 0 Å². The molecule has 0 bridgehead atoms. The van der Waals surface area contributed by atoms with E-state index < -0.39 is 0 Å². The van der Waals surface area contributed by atoms with Crippen molar-refractivity contribution >= 4 is 11.6 Å². The Balaban J connectivity index is 2.11. The second-order valence-electron chi connectivity index (χ2n) is 4.74. The number of anilines is 1. The summed E-state index contributed by atoms with van der Waals surface area (Å²) in [5, 5.41) is 0. The zero-order valence-corrected chi connectivity index (χ0v) is 10.5. The van der Waals surface area contributed by atoms with Gasteiger partial charge in [-0.1, -0.05) is 6.07 Å². The Morgan fingerprint density at radius 3 is 2.82 bits per heavy atom. The van der Waals surface area contributed by atoms with Gasteiger partial charge in [-0.05, 0) is 44.2 Å². The number of hydrogen-bond acceptors (Lipinski definition) is 3. The first-order chi connectivity index (χ1) is 8.27. The van der Waals surface area contributed by atoms with Gasteiger partial charge in [-0.15, -0.1) is 0 Å². The summed E-state index contributed by atoms with van der Waals surface area (Å²) in [7, 11) is 0. The molecule has 0 spiro atoms. The molecule has 0 unspecified atom stereocenters. The van der Waals surface area contributed by atoms with Crippen molar-refractivity contribution < 1.29 is 4.79 Å². The fourth-order valence-electron chi connectivity index (χ4n) is 2.33. The van der Waals surface area contributed by atoms with Crippen molar-refractivity contribution in [1.82, 2.24) is 4.98 Å². The average molecular weight is 232 g/mol. The molecule has 0 saturated carbocycles. The molecule has 0 amide bonds. The fourth-order valence-corrected chi connectivity index (χ4v) is 2.33. The third-order valence-corrected chi connectivity index (χ3v) is 3.27. The van der Waals surface area contributed by atoms with Gasteiger partial charge in [-0.2, -0.15) is 0 Å². The molecule has 0 atom stereocenters. The van der Waals surface area contributed by atoms with E-state index in [1.54, 1.807) is 6.92 Å². The summed E-state index contributed by atoms with van der Waals surface area (Å²) in [5.74, 6) is 1.34. The number of hydrogen-bond donors (Lipinski definition) is 0. The zero-order valence-electron chi connectivity index (χ0n) is 10.5. The van der Waals surface area contributed by atoms with E-state index in [-0.39, 0.29) is 5.78 Å². The summed E-state index contributed by atoms with van der Waals surface area (Å²) in [6, 6.07) is 4.06. The van der Waals surface area contributed by atoms with E-state index in [0.717, 1.165) is 25.3 Å².